The van der Waals surface area contributed by atoms with Gasteiger partial charge in [-0.3, -0.25) is 0 Å². The number of ether oxygens (including phenoxy) is 1. The van der Waals surface area contributed by atoms with Crippen molar-refractivity contribution in [3.8, 4) is 5.88 Å². The Morgan fingerprint density at radius 1 is 1.06 bits per heavy atom. The van der Waals surface area contributed by atoms with E-state index < -0.39 is 0 Å². The quantitative estimate of drug-likeness (QED) is 0.714. The molecule has 0 saturated carbocycles. The summed E-state index contributed by atoms with van der Waals surface area (Å²) in [7, 11) is 0. The molecule has 0 unspecified atom stereocenters. The van der Waals surface area contributed by atoms with Crippen LogP contribution in [0.3, 0.4) is 0 Å². The molecule has 1 rings (SSSR count). The van der Waals surface area contributed by atoms with Crippen LogP contribution in [-0.2, 0) is 0 Å². The van der Waals surface area contributed by atoms with E-state index in [2.05, 4.69) is 16.9 Å². The van der Waals surface area contributed by atoms with E-state index in [-0.39, 0.29) is 0 Å². The summed E-state index contributed by atoms with van der Waals surface area (Å²) in [5.74, 6) is 0.460. The normalized spacial score (nSPS) is 10.5. The van der Waals surface area contributed by atoms with E-state index in [9.17, 15) is 0 Å². The van der Waals surface area contributed by atoms with Gasteiger partial charge < -0.3 is 4.74 Å². The lowest BCUT2D eigenvalue weighted by atomic mass is 10.2. The van der Waals surface area contributed by atoms with Crippen LogP contribution in [0.15, 0.2) is 0 Å². The third-order valence-electron chi connectivity index (χ3n) is 2.47. The third-order valence-corrected chi connectivity index (χ3v) is 2.72. The average Bonchev–Trinajstić information content (AvgIpc) is 2.25. The summed E-state index contributed by atoms with van der Waals surface area (Å²) in [6.07, 6.45) is 4.70. The Hall–Kier alpha value is -0.830. The highest BCUT2D eigenvalue weighted by Crippen LogP contribution is 2.20. The first-order chi connectivity index (χ1) is 7.65. The summed E-state index contributed by atoms with van der Waals surface area (Å²) < 4.78 is 5.51. The Balaban J connectivity index is 2.45. The monoisotopic (exact) mass is 242 g/mol. The number of halogens is 1. The van der Waals surface area contributed by atoms with Crippen molar-refractivity contribution in [2.75, 3.05) is 6.61 Å². The van der Waals surface area contributed by atoms with Crippen molar-refractivity contribution in [3.05, 3.63) is 16.5 Å². The highest BCUT2D eigenvalue weighted by molar-refractivity contribution is 6.30. The van der Waals surface area contributed by atoms with Crippen LogP contribution >= 0.6 is 11.6 Å². The maximum atomic E-state index is 5.94. The van der Waals surface area contributed by atoms with E-state index in [4.69, 9.17) is 16.3 Å². The lowest BCUT2D eigenvalue weighted by Crippen LogP contribution is -2.03. The van der Waals surface area contributed by atoms with Crippen LogP contribution < -0.4 is 4.74 Å². The minimum Gasteiger partial charge on any atom is -0.475 e. The summed E-state index contributed by atoms with van der Waals surface area (Å²) in [6, 6.07) is 0. The second-order valence-electron chi connectivity index (χ2n) is 3.90. The summed E-state index contributed by atoms with van der Waals surface area (Å²) >= 11 is 5.94. The molecule has 0 amide bonds. The van der Waals surface area contributed by atoms with Crippen molar-refractivity contribution >= 4 is 11.6 Å². The molecule has 0 aliphatic heterocycles. The van der Waals surface area contributed by atoms with Crippen molar-refractivity contribution < 1.29 is 4.74 Å². The van der Waals surface area contributed by atoms with Gasteiger partial charge in [-0.05, 0) is 20.3 Å². The first-order valence-electron chi connectivity index (χ1n) is 5.78. The van der Waals surface area contributed by atoms with E-state index in [1.54, 1.807) is 0 Å². The first kappa shape index (κ1) is 13.2. The molecule has 90 valence electrons. The van der Waals surface area contributed by atoms with Gasteiger partial charge in [-0.25, -0.2) is 9.97 Å². The molecule has 1 aromatic rings. The Morgan fingerprint density at radius 3 is 2.44 bits per heavy atom. The van der Waals surface area contributed by atoms with Gasteiger partial charge in [-0.1, -0.05) is 37.8 Å². The minimum atomic E-state index is 0.360. The van der Waals surface area contributed by atoms with Crippen LogP contribution in [0.4, 0.5) is 0 Å². The number of unbranched alkanes of at least 4 members (excludes halogenated alkanes) is 3. The smallest absolute Gasteiger partial charge is 0.252 e. The van der Waals surface area contributed by atoms with E-state index in [0.717, 1.165) is 17.8 Å². The fourth-order valence-corrected chi connectivity index (χ4v) is 1.57. The van der Waals surface area contributed by atoms with Crippen LogP contribution in [0, 0.1) is 13.8 Å². The van der Waals surface area contributed by atoms with Crippen molar-refractivity contribution in [1.29, 1.82) is 0 Å². The van der Waals surface area contributed by atoms with Gasteiger partial charge in [0.05, 0.1) is 18.0 Å². The molecule has 0 atom stereocenters. The van der Waals surface area contributed by atoms with Crippen molar-refractivity contribution in [2.24, 2.45) is 0 Å². The predicted octanol–water partition coefficient (Wildman–Crippen LogP) is 3.71. The molecule has 0 radical (unpaired) electrons. The maximum absolute atomic E-state index is 5.94. The summed E-state index contributed by atoms with van der Waals surface area (Å²) in [5.41, 5.74) is 1.72. The molecule has 3 nitrogen and oxygen atoms in total. The van der Waals surface area contributed by atoms with Gasteiger partial charge in [0.1, 0.15) is 0 Å². The predicted molar refractivity (Wildman–Crippen MR) is 66.2 cm³/mol. The Labute approximate surface area is 102 Å². The highest BCUT2D eigenvalue weighted by atomic mass is 35.5. The zero-order valence-electron chi connectivity index (χ0n) is 10.2. The number of hydrogen-bond donors (Lipinski definition) is 0. The van der Waals surface area contributed by atoms with E-state index >= 15 is 0 Å². The number of aryl methyl sites for hydroxylation is 2. The van der Waals surface area contributed by atoms with Gasteiger partial charge in [0.15, 0.2) is 5.15 Å². The van der Waals surface area contributed by atoms with Gasteiger partial charge >= 0.3 is 0 Å². The van der Waals surface area contributed by atoms with E-state index in [1.807, 2.05) is 13.8 Å². The first-order valence-corrected chi connectivity index (χ1v) is 6.16. The molecular weight excluding hydrogens is 224 g/mol. The van der Waals surface area contributed by atoms with Gasteiger partial charge in [-0.15, -0.1) is 0 Å². The second kappa shape index (κ2) is 6.69. The average molecular weight is 243 g/mol. The Kier molecular flexibility index (Phi) is 5.53. The lowest BCUT2D eigenvalue weighted by molar-refractivity contribution is 0.292. The van der Waals surface area contributed by atoms with Crippen LogP contribution in [0.5, 0.6) is 5.88 Å². The minimum absolute atomic E-state index is 0.360. The summed E-state index contributed by atoms with van der Waals surface area (Å²) in [6.45, 7) is 6.64. The van der Waals surface area contributed by atoms with Gasteiger partial charge in [0.25, 0.3) is 5.88 Å². The standard InChI is InChI=1S/C12H19ClN2O/c1-4-5-6-7-8-16-12-11(13)14-9(2)10(3)15-12/h4-8H2,1-3H3. The van der Waals surface area contributed by atoms with Crippen LogP contribution in [0.1, 0.15) is 44.0 Å². The topological polar surface area (TPSA) is 35.0 Å². The number of aromatic nitrogens is 2. The van der Waals surface area contributed by atoms with Gasteiger partial charge in [-0.2, -0.15) is 0 Å². The van der Waals surface area contributed by atoms with Crippen LogP contribution in [0.25, 0.3) is 0 Å². The van der Waals surface area contributed by atoms with Crippen molar-refractivity contribution in [1.82, 2.24) is 9.97 Å². The molecule has 0 aliphatic rings. The number of nitrogens with zero attached hydrogens (tertiary/aromatic N) is 2. The molecule has 0 saturated heterocycles. The zero-order chi connectivity index (χ0) is 12.0. The van der Waals surface area contributed by atoms with Crippen molar-refractivity contribution in [2.45, 2.75) is 46.5 Å². The van der Waals surface area contributed by atoms with E-state index in [0.29, 0.717) is 17.6 Å². The SMILES string of the molecule is CCCCCCOc1nc(C)c(C)nc1Cl. The molecule has 1 aromatic heterocycles. The Bertz CT molecular complexity index is 342. The summed E-state index contributed by atoms with van der Waals surface area (Å²) in [5, 5.41) is 0.360. The molecule has 0 spiro atoms. The molecule has 0 aliphatic carbocycles. The molecular formula is C12H19ClN2O. The Morgan fingerprint density at radius 2 is 1.75 bits per heavy atom. The van der Waals surface area contributed by atoms with Gasteiger partial charge in [0.2, 0.25) is 0 Å². The van der Waals surface area contributed by atoms with Gasteiger partial charge in [0, 0.05) is 0 Å². The third kappa shape index (κ3) is 3.97. The fraction of sp³-hybridized carbons (Fsp3) is 0.667. The lowest BCUT2D eigenvalue weighted by Gasteiger charge is -2.08. The number of rotatable bonds is 6. The van der Waals surface area contributed by atoms with E-state index in [1.165, 1.54) is 19.3 Å². The molecule has 16 heavy (non-hydrogen) atoms. The highest BCUT2D eigenvalue weighted by Gasteiger charge is 2.07. The fourth-order valence-electron chi connectivity index (χ4n) is 1.34. The van der Waals surface area contributed by atoms with Crippen molar-refractivity contribution in [3.63, 3.8) is 0 Å². The molecule has 0 bridgehead atoms. The van der Waals surface area contributed by atoms with Crippen LogP contribution in [0.2, 0.25) is 5.15 Å². The number of hydrogen-bond acceptors (Lipinski definition) is 3. The largest absolute Gasteiger partial charge is 0.475 e. The maximum Gasteiger partial charge on any atom is 0.252 e. The molecule has 0 N–H and O–H groups in total. The molecule has 0 aromatic carbocycles. The van der Waals surface area contributed by atoms with Crippen LogP contribution in [-0.4, -0.2) is 16.6 Å². The second-order valence-corrected chi connectivity index (χ2v) is 4.26. The molecule has 0 fully saturated rings. The molecule has 4 heteroatoms. The molecule has 1 heterocycles. The summed E-state index contributed by atoms with van der Waals surface area (Å²) in [4.78, 5) is 8.44. The zero-order valence-corrected chi connectivity index (χ0v) is 11.0.